The maximum absolute atomic E-state index is 12.6. The summed E-state index contributed by atoms with van der Waals surface area (Å²) in [6.07, 6.45) is 0.964. The Bertz CT molecular complexity index is 245. The second-order valence-corrected chi connectivity index (χ2v) is 3.30. The molecule has 0 amide bonds. The van der Waals surface area contributed by atoms with Gasteiger partial charge in [0.25, 0.3) is 0 Å². The van der Waals surface area contributed by atoms with Crippen molar-refractivity contribution in [3.05, 3.63) is 35.1 Å². The number of rotatable bonds is 2. The second-order valence-electron chi connectivity index (χ2n) is 2.51. The molecule has 0 fully saturated rings. The van der Waals surface area contributed by atoms with E-state index in [1.54, 1.807) is 6.07 Å². The largest absolute Gasteiger partial charge is 0.207 e. The minimum absolute atomic E-state index is 0.152. The molecule has 0 heterocycles. The van der Waals surface area contributed by atoms with Crippen LogP contribution >= 0.6 is 15.9 Å². The van der Waals surface area contributed by atoms with E-state index in [1.165, 1.54) is 11.6 Å². The molecule has 1 aromatic rings. The normalized spacial score (nSPS) is 10.1. The Kier molecular flexibility index (Phi) is 3.06. The lowest BCUT2D eigenvalue weighted by atomic mass is 10.1. The first-order chi connectivity index (χ1) is 5.24. The molecule has 0 radical (unpaired) electrons. The predicted molar refractivity (Wildman–Crippen MR) is 48.6 cm³/mol. The summed E-state index contributed by atoms with van der Waals surface area (Å²) in [4.78, 5) is 0. The average Bonchev–Trinajstić information content (AvgIpc) is 1.95. The Morgan fingerprint density at radius 2 is 2.18 bits per heavy atom. The molecule has 1 rings (SSSR count). The molecule has 0 aliphatic carbocycles. The third-order valence-electron chi connectivity index (χ3n) is 1.67. The lowest BCUT2D eigenvalue weighted by molar-refractivity contribution is 0.625. The van der Waals surface area contributed by atoms with E-state index < -0.39 is 0 Å². The minimum Gasteiger partial charge on any atom is -0.207 e. The molecule has 0 aromatic heterocycles. The van der Waals surface area contributed by atoms with Crippen molar-refractivity contribution >= 4 is 15.9 Å². The summed E-state index contributed by atoms with van der Waals surface area (Å²) in [7, 11) is 0. The van der Waals surface area contributed by atoms with Gasteiger partial charge in [-0.1, -0.05) is 22.0 Å². The average molecular weight is 217 g/mol. The van der Waals surface area contributed by atoms with Crippen molar-refractivity contribution in [2.75, 3.05) is 5.33 Å². The Labute approximate surface area is 74.6 Å². The summed E-state index contributed by atoms with van der Waals surface area (Å²) in [6.45, 7) is 1.93. The van der Waals surface area contributed by atoms with Crippen LogP contribution in [0.4, 0.5) is 4.39 Å². The zero-order valence-electron chi connectivity index (χ0n) is 6.40. The maximum Gasteiger partial charge on any atom is 0.123 e. The third kappa shape index (κ3) is 2.29. The number of alkyl halides is 1. The van der Waals surface area contributed by atoms with Crippen LogP contribution in [-0.2, 0) is 6.42 Å². The topological polar surface area (TPSA) is 0 Å². The molecule has 0 aliphatic rings. The van der Waals surface area contributed by atoms with Crippen LogP contribution in [0.5, 0.6) is 0 Å². The maximum atomic E-state index is 12.6. The lowest BCUT2D eigenvalue weighted by Crippen LogP contribution is -1.90. The van der Waals surface area contributed by atoms with Gasteiger partial charge >= 0.3 is 0 Å². The van der Waals surface area contributed by atoms with Crippen LogP contribution < -0.4 is 0 Å². The Morgan fingerprint density at radius 1 is 1.45 bits per heavy atom. The zero-order chi connectivity index (χ0) is 8.27. The third-order valence-corrected chi connectivity index (χ3v) is 2.06. The summed E-state index contributed by atoms with van der Waals surface area (Å²) < 4.78 is 12.6. The van der Waals surface area contributed by atoms with E-state index in [4.69, 9.17) is 0 Å². The molecular weight excluding hydrogens is 207 g/mol. The lowest BCUT2D eigenvalue weighted by Gasteiger charge is -2.02. The highest BCUT2D eigenvalue weighted by Gasteiger charge is 1.97. The van der Waals surface area contributed by atoms with Crippen LogP contribution in [0.2, 0.25) is 0 Å². The number of hydrogen-bond donors (Lipinski definition) is 0. The first kappa shape index (κ1) is 8.72. The van der Waals surface area contributed by atoms with Gasteiger partial charge in [-0.25, -0.2) is 4.39 Å². The van der Waals surface area contributed by atoms with Gasteiger partial charge in [-0.2, -0.15) is 0 Å². The standard InChI is InChI=1S/C9H10BrF/c1-7-6-9(11)3-2-8(7)4-5-10/h2-3,6H,4-5H2,1H3. The zero-order valence-corrected chi connectivity index (χ0v) is 7.99. The molecule has 0 saturated carbocycles. The van der Waals surface area contributed by atoms with Gasteiger partial charge < -0.3 is 0 Å². The summed E-state index contributed by atoms with van der Waals surface area (Å²) in [5, 5.41) is 0.930. The number of benzene rings is 1. The molecule has 0 unspecified atom stereocenters. The predicted octanol–water partition coefficient (Wildman–Crippen LogP) is 3.07. The molecule has 0 bridgehead atoms. The molecule has 0 spiro atoms. The smallest absolute Gasteiger partial charge is 0.123 e. The van der Waals surface area contributed by atoms with E-state index in [9.17, 15) is 4.39 Å². The van der Waals surface area contributed by atoms with E-state index >= 15 is 0 Å². The van der Waals surface area contributed by atoms with Gasteiger partial charge in [-0.3, -0.25) is 0 Å². The van der Waals surface area contributed by atoms with Crippen LogP contribution in [-0.4, -0.2) is 5.33 Å². The highest BCUT2D eigenvalue weighted by molar-refractivity contribution is 9.09. The van der Waals surface area contributed by atoms with Gasteiger partial charge in [0, 0.05) is 5.33 Å². The second kappa shape index (κ2) is 3.86. The Balaban J connectivity index is 2.90. The molecule has 0 atom stereocenters. The van der Waals surface area contributed by atoms with Crippen LogP contribution in [0.25, 0.3) is 0 Å². The molecule has 0 nitrogen and oxygen atoms in total. The molecule has 1 aromatic carbocycles. The van der Waals surface area contributed by atoms with Gasteiger partial charge in [0.1, 0.15) is 5.82 Å². The van der Waals surface area contributed by atoms with E-state index in [0.717, 1.165) is 17.3 Å². The quantitative estimate of drug-likeness (QED) is 0.668. The van der Waals surface area contributed by atoms with Gasteiger partial charge in [-0.15, -0.1) is 0 Å². The highest BCUT2D eigenvalue weighted by atomic mass is 79.9. The van der Waals surface area contributed by atoms with Gasteiger partial charge in [0.15, 0.2) is 0 Å². The molecule has 11 heavy (non-hydrogen) atoms. The number of halogens is 2. The summed E-state index contributed by atoms with van der Waals surface area (Å²) >= 11 is 3.35. The fourth-order valence-electron chi connectivity index (χ4n) is 1.04. The van der Waals surface area contributed by atoms with Crippen molar-refractivity contribution in [2.24, 2.45) is 0 Å². The molecule has 0 N–H and O–H groups in total. The van der Waals surface area contributed by atoms with Crippen molar-refractivity contribution < 1.29 is 4.39 Å². The minimum atomic E-state index is -0.152. The van der Waals surface area contributed by atoms with E-state index in [0.29, 0.717) is 0 Å². The van der Waals surface area contributed by atoms with Crippen molar-refractivity contribution in [2.45, 2.75) is 13.3 Å². The number of aryl methyl sites for hydroxylation is 2. The number of hydrogen-bond acceptors (Lipinski definition) is 0. The Hall–Kier alpha value is -0.370. The van der Waals surface area contributed by atoms with E-state index in [2.05, 4.69) is 15.9 Å². The van der Waals surface area contributed by atoms with Gasteiger partial charge in [-0.05, 0) is 36.6 Å². The fourth-order valence-corrected chi connectivity index (χ4v) is 1.47. The Morgan fingerprint density at radius 3 is 2.73 bits per heavy atom. The summed E-state index contributed by atoms with van der Waals surface area (Å²) in [6, 6.07) is 4.91. The van der Waals surface area contributed by atoms with Crippen LogP contribution in [0.1, 0.15) is 11.1 Å². The fraction of sp³-hybridized carbons (Fsp3) is 0.333. The van der Waals surface area contributed by atoms with E-state index in [1.807, 2.05) is 13.0 Å². The van der Waals surface area contributed by atoms with Crippen molar-refractivity contribution in [3.8, 4) is 0 Å². The molecule has 0 aliphatic heterocycles. The first-order valence-corrected chi connectivity index (χ1v) is 4.67. The van der Waals surface area contributed by atoms with Gasteiger partial charge in [0.2, 0.25) is 0 Å². The van der Waals surface area contributed by atoms with Crippen LogP contribution in [0, 0.1) is 12.7 Å². The van der Waals surface area contributed by atoms with Crippen molar-refractivity contribution in [1.82, 2.24) is 0 Å². The van der Waals surface area contributed by atoms with Crippen LogP contribution in [0.15, 0.2) is 18.2 Å². The highest BCUT2D eigenvalue weighted by Crippen LogP contribution is 2.11. The van der Waals surface area contributed by atoms with E-state index in [-0.39, 0.29) is 5.82 Å². The van der Waals surface area contributed by atoms with Crippen molar-refractivity contribution in [3.63, 3.8) is 0 Å². The molecule has 60 valence electrons. The summed E-state index contributed by atoms with van der Waals surface area (Å²) in [5.41, 5.74) is 2.24. The molecule has 2 heteroatoms. The summed E-state index contributed by atoms with van der Waals surface area (Å²) in [5.74, 6) is -0.152. The molecule has 0 saturated heterocycles. The molecular formula is C9H10BrF. The van der Waals surface area contributed by atoms with Gasteiger partial charge in [0.05, 0.1) is 0 Å². The first-order valence-electron chi connectivity index (χ1n) is 3.55. The van der Waals surface area contributed by atoms with Crippen LogP contribution in [0.3, 0.4) is 0 Å². The van der Waals surface area contributed by atoms with Crippen molar-refractivity contribution in [1.29, 1.82) is 0 Å². The monoisotopic (exact) mass is 216 g/mol. The SMILES string of the molecule is Cc1cc(F)ccc1CCBr.